The van der Waals surface area contributed by atoms with Gasteiger partial charge in [0.05, 0.1) is 5.41 Å². The molecule has 1 saturated heterocycles. The van der Waals surface area contributed by atoms with E-state index >= 15 is 0 Å². The van der Waals surface area contributed by atoms with Gasteiger partial charge in [-0.1, -0.05) is 18.2 Å². The van der Waals surface area contributed by atoms with E-state index in [1.165, 1.54) is 0 Å². The molecule has 1 aliphatic heterocycles. The Kier molecular flexibility index (Phi) is 4.77. The highest BCUT2D eigenvalue weighted by Gasteiger charge is 2.42. The number of carboxylic acid groups (broad SMARTS) is 1. The van der Waals surface area contributed by atoms with E-state index in [1.54, 1.807) is 23.6 Å². The molecule has 1 atom stereocenters. The van der Waals surface area contributed by atoms with Gasteiger partial charge in [0.2, 0.25) is 0 Å². The lowest BCUT2D eigenvalue weighted by Gasteiger charge is -2.21. The number of para-hydroxylation sites is 1. The van der Waals surface area contributed by atoms with Crippen molar-refractivity contribution in [2.75, 3.05) is 24.7 Å². The summed E-state index contributed by atoms with van der Waals surface area (Å²) in [6.45, 7) is 2.41. The maximum absolute atomic E-state index is 12.3. The fourth-order valence-electron chi connectivity index (χ4n) is 2.43. The largest absolute Gasteiger partial charge is 0.481 e. The Morgan fingerprint density at radius 3 is 2.76 bits per heavy atom. The number of anilines is 1. The van der Waals surface area contributed by atoms with Crippen molar-refractivity contribution in [3.8, 4) is 0 Å². The predicted molar refractivity (Wildman–Crippen MR) is 84.6 cm³/mol. The molecule has 2 N–H and O–H groups in total. The monoisotopic (exact) mass is 308 g/mol. The minimum Gasteiger partial charge on any atom is -0.481 e. The van der Waals surface area contributed by atoms with Crippen LogP contribution in [0.2, 0.25) is 0 Å². The first-order chi connectivity index (χ1) is 9.96. The van der Waals surface area contributed by atoms with E-state index in [1.807, 2.05) is 30.5 Å². The molecule has 0 radical (unpaired) electrons. The molecule has 5 nitrogen and oxygen atoms in total. The number of carbonyl (C=O) groups is 2. The van der Waals surface area contributed by atoms with Gasteiger partial charge in [-0.2, -0.15) is 11.8 Å². The summed E-state index contributed by atoms with van der Waals surface area (Å²) in [6, 6.07) is 7.45. The van der Waals surface area contributed by atoms with Crippen LogP contribution in [0.1, 0.15) is 18.9 Å². The van der Waals surface area contributed by atoms with Crippen LogP contribution in [-0.2, 0) is 10.5 Å². The van der Waals surface area contributed by atoms with E-state index in [0.29, 0.717) is 13.0 Å². The summed E-state index contributed by atoms with van der Waals surface area (Å²) in [6.07, 6.45) is 2.50. The first kappa shape index (κ1) is 15.7. The number of urea groups is 1. The van der Waals surface area contributed by atoms with Crippen molar-refractivity contribution >= 4 is 29.4 Å². The third-order valence-corrected chi connectivity index (χ3v) is 4.44. The Bertz CT molecular complexity index is 549. The lowest BCUT2D eigenvalue weighted by molar-refractivity contribution is -0.146. The van der Waals surface area contributed by atoms with Gasteiger partial charge in [-0.3, -0.25) is 4.79 Å². The zero-order valence-electron chi connectivity index (χ0n) is 12.3. The SMILES string of the molecule is CSCc1ccccc1NC(=O)N1CCC(C)(C(=O)O)C1. The van der Waals surface area contributed by atoms with E-state index in [0.717, 1.165) is 17.0 Å². The lowest BCUT2D eigenvalue weighted by atomic mass is 9.90. The standard InChI is InChI=1S/C15H20N2O3S/c1-15(13(18)19)7-8-17(10-15)14(20)16-12-6-4-3-5-11(12)9-21-2/h3-6H,7-10H2,1-2H3,(H,16,20)(H,18,19). The van der Waals surface area contributed by atoms with Crippen molar-refractivity contribution in [1.29, 1.82) is 0 Å². The molecule has 6 heteroatoms. The quantitative estimate of drug-likeness (QED) is 0.897. The van der Waals surface area contributed by atoms with Crippen LogP contribution in [0, 0.1) is 5.41 Å². The van der Waals surface area contributed by atoms with Crippen LogP contribution in [0.15, 0.2) is 24.3 Å². The number of rotatable bonds is 4. The van der Waals surface area contributed by atoms with Crippen LogP contribution in [0.3, 0.4) is 0 Å². The number of thioether (sulfide) groups is 1. The van der Waals surface area contributed by atoms with Crippen LogP contribution in [0.25, 0.3) is 0 Å². The Balaban J connectivity index is 2.05. The maximum Gasteiger partial charge on any atom is 0.321 e. The molecule has 1 aliphatic rings. The molecule has 1 fully saturated rings. The van der Waals surface area contributed by atoms with E-state index in [2.05, 4.69) is 5.32 Å². The Morgan fingerprint density at radius 2 is 2.14 bits per heavy atom. The zero-order chi connectivity index (χ0) is 15.5. The normalized spacial score (nSPS) is 21.3. The molecule has 21 heavy (non-hydrogen) atoms. The summed E-state index contributed by atoms with van der Waals surface area (Å²) in [7, 11) is 0. The lowest BCUT2D eigenvalue weighted by Crippen LogP contribution is -2.37. The predicted octanol–water partition coefficient (Wildman–Crippen LogP) is 2.88. The minimum absolute atomic E-state index is 0.228. The number of nitrogens with zero attached hydrogens (tertiary/aromatic N) is 1. The number of nitrogens with one attached hydrogen (secondary N) is 1. The number of hydrogen-bond donors (Lipinski definition) is 2. The van der Waals surface area contributed by atoms with E-state index in [9.17, 15) is 14.7 Å². The van der Waals surface area contributed by atoms with Gasteiger partial charge in [0.25, 0.3) is 0 Å². The second kappa shape index (κ2) is 6.39. The molecule has 1 aromatic rings. The molecule has 114 valence electrons. The Labute approximate surface area is 128 Å². The molecule has 1 heterocycles. The number of hydrogen-bond acceptors (Lipinski definition) is 3. The second-order valence-electron chi connectivity index (χ2n) is 5.56. The highest BCUT2D eigenvalue weighted by molar-refractivity contribution is 7.97. The molecule has 0 aromatic heterocycles. The first-order valence-corrected chi connectivity index (χ1v) is 8.22. The molecular weight excluding hydrogens is 288 g/mol. The smallest absolute Gasteiger partial charge is 0.321 e. The van der Waals surface area contributed by atoms with Crippen LogP contribution in [0.5, 0.6) is 0 Å². The molecule has 1 unspecified atom stereocenters. The summed E-state index contributed by atoms with van der Waals surface area (Å²) < 4.78 is 0. The highest BCUT2D eigenvalue weighted by Crippen LogP contribution is 2.30. The number of amides is 2. The molecule has 2 rings (SSSR count). The van der Waals surface area contributed by atoms with Crippen molar-refractivity contribution in [1.82, 2.24) is 4.90 Å². The Morgan fingerprint density at radius 1 is 1.43 bits per heavy atom. The number of likely N-dealkylation sites (tertiary alicyclic amines) is 1. The molecule has 0 spiro atoms. The summed E-state index contributed by atoms with van der Waals surface area (Å²) in [4.78, 5) is 25.1. The van der Waals surface area contributed by atoms with Crippen LogP contribution in [0.4, 0.5) is 10.5 Å². The first-order valence-electron chi connectivity index (χ1n) is 6.82. The molecular formula is C15H20N2O3S. The summed E-state index contributed by atoms with van der Waals surface area (Å²) >= 11 is 1.69. The number of carboxylic acids is 1. The third kappa shape index (κ3) is 3.50. The Hall–Kier alpha value is -1.69. The van der Waals surface area contributed by atoms with Crippen LogP contribution >= 0.6 is 11.8 Å². The van der Waals surface area contributed by atoms with Gasteiger partial charge in [0.15, 0.2) is 0 Å². The van der Waals surface area contributed by atoms with Crippen LogP contribution in [-0.4, -0.2) is 41.4 Å². The van der Waals surface area contributed by atoms with Gasteiger partial charge in [0, 0.05) is 24.5 Å². The summed E-state index contributed by atoms with van der Waals surface area (Å²) in [5, 5.41) is 12.1. The van der Waals surface area contributed by atoms with Gasteiger partial charge in [-0.15, -0.1) is 0 Å². The van der Waals surface area contributed by atoms with Gasteiger partial charge < -0.3 is 15.3 Å². The molecule has 0 bridgehead atoms. The number of carbonyl (C=O) groups excluding carboxylic acids is 1. The van der Waals surface area contributed by atoms with Gasteiger partial charge in [0.1, 0.15) is 0 Å². The van der Waals surface area contributed by atoms with Gasteiger partial charge >= 0.3 is 12.0 Å². The fourth-order valence-corrected chi connectivity index (χ4v) is 2.99. The van der Waals surface area contributed by atoms with Gasteiger partial charge in [-0.05, 0) is 31.2 Å². The molecule has 1 aromatic carbocycles. The van der Waals surface area contributed by atoms with E-state index in [4.69, 9.17) is 0 Å². The fraction of sp³-hybridized carbons (Fsp3) is 0.467. The molecule has 0 aliphatic carbocycles. The topological polar surface area (TPSA) is 69.6 Å². The molecule has 2 amide bonds. The highest BCUT2D eigenvalue weighted by atomic mass is 32.2. The van der Waals surface area contributed by atoms with Crippen molar-refractivity contribution in [3.63, 3.8) is 0 Å². The van der Waals surface area contributed by atoms with Crippen molar-refractivity contribution in [3.05, 3.63) is 29.8 Å². The maximum atomic E-state index is 12.3. The summed E-state index contributed by atoms with van der Waals surface area (Å²) in [5.41, 5.74) is 1.02. The number of benzene rings is 1. The van der Waals surface area contributed by atoms with Crippen molar-refractivity contribution in [2.24, 2.45) is 5.41 Å². The van der Waals surface area contributed by atoms with E-state index < -0.39 is 11.4 Å². The van der Waals surface area contributed by atoms with Gasteiger partial charge in [-0.25, -0.2) is 4.79 Å². The summed E-state index contributed by atoms with van der Waals surface area (Å²) in [5.74, 6) is -0.0240. The molecule has 0 saturated carbocycles. The zero-order valence-corrected chi connectivity index (χ0v) is 13.1. The minimum atomic E-state index is -0.847. The van der Waals surface area contributed by atoms with Crippen molar-refractivity contribution in [2.45, 2.75) is 19.1 Å². The third-order valence-electron chi connectivity index (χ3n) is 3.84. The average Bonchev–Trinajstić information content (AvgIpc) is 2.85. The van der Waals surface area contributed by atoms with Crippen LogP contribution < -0.4 is 5.32 Å². The number of aliphatic carboxylic acids is 1. The average molecular weight is 308 g/mol. The van der Waals surface area contributed by atoms with Crippen molar-refractivity contribution < 1.29 is 14.7 Å². The second-order valence-corrected chi connectivity index (χ2v) is 6.42. The van der Waals surface area contributed by atoms with E-state index in [-0.39, 0.29) is 12.6 Å².